The number of methoxy groups -OCH3 is 2. The highest BCUT2D eigenvalue weighted by atomic mass is 16.5. The van der Waals surface area contributed by atoms with Gasteiger partial charge in [0.25, 0.3) is 0 Å². The van der Waals surface area contributed by atoms with Crippen molar-refractivity contribution in [2.24, 2.45) is 0 Å². The van der Waals surface area contributed by atoms with Crippen LogP contribution in [-0.2, 0) is 0 Å². The minimum absolute atomic E-state index is 0.513. The van der Waals surface area contributed by atoms with Crippen LogP contribution in [0, 0.1) is 6.92 Å². The van der Waals surface area contributed by atoms with Crippen LogP contribution in [0.4, 0.5) is 17.5 Å². The van der Waals surface area contributed by atoms with Gasteiger partial charge in [0.2, 0.25) is 5.95 Å². The fourth-order valence-corrected chi connectivity index (χ4v) is 1.93. The van der Waals surface area contributed by atoms with Gasteiger partial charge < -0.3 is 20.1 Å². The van der Waals surface area contributed by atoms with E-state index in [1.807, 2.05) is 31.2 Å². The molecule has 0 bridgehead atoms. The molecular formula is C16H20N4O2. The van der Waals surface area contributed by atoms with E-state index in [2.05, 4.69) is 27.2 Å². The van der Waals surface area contributed by atoms with Crippen LogP contribution >= 0.6 is 0 Å². The van der Waals surface area contributed by atoms with Crippen LogP contribution in [0.15, 0.2) is 36.9 Å². The van der Waals surface area contributed by atoms with Gasteiger partial charge in [-0.15, -0.1) is 6.58 Å². The Morgan fingerprint density at radius 2 is 1.91 bits per heavy atom. The van der Waals surface area contributed by atoms with Crippen molar-refractivity contribution in [3.63, 3.8) is 0 Å². The molecule has 0 fully saturated rings. The summed E-state index contributed by atoms with van der Waals surface area (Å²) in [4.78, 5) is 8.79. The Kier molecular flexibility index (Phi) is 5.19. The predicted molar refractivity (Wildman–Crippen MR) is 88.3 cm³/mol. The highest BCUT2D eigenvalue weighted by molar-refractivity contribution is 5.60. The molecule has 1 aromatic heterocycles. The lowest BCUT2D eigenvalue weighted by Gasteiger charge is -2.11. The second-order valence-corrected chi connectivity index (χ2v) is 4.58. The number of nitrogens with one attached hydrogen (secondary N) is 2. The number of hydrogen-bond acceptors (Lipinski definition) is 6. The molecule has 0 unspecified atom stereocenters. The summed E-state index contributed by atoms with van der Waals surface area (Å²) in [6.07, 6.45) is 1.78. The quantitative estimate of drug-likeness (QED) is 0.766. The molecule has 6 nitrogen and oxygen atoms in total. The maximum atomic E-state index is 5.29. The van der Waals surface area contributed by atoms with Crippen molar-refractivity contribution in [3.8, 4) is 11.5 Å². The Morgan fingerprint density at radius 1 is 1.14 bits per heavy atom. The number of aromatic nitrogens is 2. The van der Waals surface area contributed by atoms with Crippen molar-refractivity contribution in [2.45, 2.75) is 6.92 Å². The lowest BCUT2D eigenvalue weighted by Crippen LogP contribution is -2.05. The van der Waals surface area contributed by atoms with Crippen molar-refractivity contribution in [3.05, 3.63) is 42.6 Å². The van der Waals surface area contributed by atoms with Gasteiger partial charge in [-0.05, 0) is 19.1 Å². The Bertz CT molecular complexity index is 659. The normalized spacial score (nSPS) is 9.95. The van der Waals surface area contributed by atoms with Crippen molar-refractivity contribution in [2.75, 3.05) is 31.4 Å². The summed E-state index contributed by atoms with van der Waals surface area (Å²) in [7, 11) is 3.20. The summed E-state index contributed by atoms with van der Waals surface area (Å²) in [6, 6.07) is 7.42. The molecule has 0 atom stereocenters. The van der Waals surface area contributed by atoms with Crippen LogP contribution in [0.2, 0.25) is 0 Å². The van der Waals surface area contributed by atoms with E-state index >= 15 is 0 Å². The van der Waals surface area contributed by atoms with Crippen molar-refractivity contribution < 1.29 is 9.47 Å². The third-order valence-corrected chi connectivity index (χ3v) is 2.92. The van der Waals surface area contributed by atoms with Crippen LogP contribution in [0.3, 0.4) is 0 Å². The maximum Gasteiger partial charge on any atom is 0.229 e. The molecule has 0 radical (unpaired) electrons. The highest BCUT2D eigenvalue weighted by Crippen LogP contribution is 2.30. The first-order valence-corrected chi connectivity index (χ1v) is 6.85. The monoisotopic (exact) mass is 300 g/mol. The molecule has 2 rings (SSSR count). The predicted octanol–water partition coefficient (Wildman–Crippen LogP) is 3.14. The molecule has 0 amide bonds. The van der Waals surface area contributed by atoms with Gasteiger partial charge in [-0.3, -0.25) is 0 Å². The van der Waals surface area contributed by atoms with Gasteiger partial charge in [0.1, 0.15) is 5.82 Å². The molecule has 0 aliphatic heterocycles. The number of hydrogen-bond donors (Lipinski definition) is 2. The minimum atomic E-state index is 0.513. The van der Waals surface area contributed by atoms with Crippen LogP contribution < -0.4 is 20.1 Å². The molecule has 22 heavy (non-hydrogen) atoms. The lowest BCUT2D eigenvalue weighted by molar-refractivity contribution is 0.355. The fraction of sp³-hybridized carbons (Fsp3) is 0.250. The van der Waals surface area contributed by atoms with Gasteiger partial charge in [0.15, 0.2) is 11.5 Å². The van der Waals surface area contributed by atoms with Gasteiger partial charge in [0.05, 0.1) is 14.2 Å². The highest BCUT2D eigenvalue weighted by Gasteiger charge is 2.07. The van der Waals surface area contributed by atoms with E-state index in [1.54, 1.807) is 20.3 Å². The smallest absolute Gasteiger partial charge is 0.229 e. The maximum absolute atomic E-state index is 5.29. The van der Waals surface area contributed by atoms with E-state index < -0.39 is 0 Å². The van der Waals surface area contributed by atoms with Crippen LogP contribution in [0.5, 0.6) is 11.5 Å². The van der Waals surface area contributed by atoms with Gasteiger partial charge >= 0.3 is 0 Å². The molecule has 6 heteroatoms. The van der Waals surface area contributed by atoms with E-state index in [1.165, 1.54) is 0 Å². The summed E-state index contributed by atoms with van der Waals surface area (Å²) in [5, 5.41) is 6.31. The van der Waals surface area contributed by atoms with Crippen LogP contribution in [-0.4, -0.2) is 30.7 Å². The van der Waals surface area contributed by atoms with E-state index in [0.717, 1.165) is 17.2 Å². The zero-order valence-electron chi connectivity index (χ0n) is 13.0. The summed E-state index contributed by atoms with van der Waals surface area (Å²) in [5.41, 5.74) is 1.68. The van der Waals surface area contributed by atoms with Gasteiger partial charge in [-0.25, -0.2) is 4.98 Å². The SMILES string of the molecule is C=CCNc1cc(C)nc(Nc2ccc(OC)c(OC)c2)n1. The molecule has 1 heterocycles. The van der Waals surface area contributed by atoms with Crippen molar-refractivity contribution >= 4 is 17.5 Å². The van der Waals surface area contributed by atoms with Gasteiger partial charge in [-0.1, -0.05) is 6.08 Å². The van der Waals surface area contributed by atoms with Crippen LogP contribution in [0.25, 0.3) is 0 Å². The Morgan fingerprint density at radius 3 is 2.59 bits per heavy atom. The summed E-state index contributed by atoms with van der Waals surface area (Å²) >= 11 is 0. The molecule has 2 aromatic rings. The average Bonchev–Trinajstić information content (AvgIpc) is 2.52. The first-order valence-electron chi connectivity index (χ1n) is 6.85. The van der Waals surface area contributed by atoms with Gasteiger partial charge in [-0.2, -0.15) is 4.98 Å². The third-order valence-electron chi connectivity index (χ3n) is 2.92. The Balaban J connectivity index is 2.22. The Labute approximate surface area is 130 Å². The van der Waals surface area contributed by atoms with Crippen molar-refractivity contribution in [1.82, 2.24) is 9.97 Å². The second kappa shape index (κ2) is 7.31. The molecular weight excluding hydrogens is 280 g/mol. The first-order chi connectivity index (χ1) is 10.7. The van der Waals surface area contributed by atoms with Crippen molar-refractivity contribution in [1.29, 1.82) is 0 Å². The summed E-state index contributed by atoms with van der Waals surface area (Å²) in [6.45, 7) is 6.24. The second-order valence-electron chi connectivity index (χ2n) is 4.58. The largest absolute Gasteiger partial charge is 0.493 e. The number of rotatable bonds is 7. The average molecular weight is 300 g/mol. The van der Waals surface area contributed by atoms with E-state index in [0.29, 0.717) is 24.0 Å². The molecule has 2 N–H and O–H groups in total. The minimum Gasteiger partial charge on any atom is -0.493 e. The topological polar surface area (TPSA) is 68.3 Å². The zero-order valence-corrected chi connectivity index (χ0v) is 13.0. The molecule has 0 saturated carbocycles. The van der Waals surface area contributed by atoms with E-state index in [9.17, 15) is 0 Å². The van der Waals surface area contributed by atoms with Crippen LogP contribution in [0.1, 0.15) is 5.69 Å². The summed E-state index contributed by atoms with van der Waals surface area (Å²) < 4.78 is 10.5. The standard InChI is InChI=1S/C16H20N4O2/c1-5-8-17-15-9-11(2)18-16(20-15)19-12-6-7-13(21-3)14(10-12)22-4/h5-7,9-10H,1,8H2,2-4H3,(H2,17,18,19,20). The van der Waals surface area contributed by atoms with E-state index in [4.69, 9.17) is 9.47 Å². The molecule has 0 saturated heterocycles. The molecule has 0 aliphatic rings. The number of benzene rings is 1. The lowest BCUT2D eigenvalue weighted by atomic mass is 10.3. The summed E-state index contributed by atoms with van der Waals surface area (Å²) in [5.74, 6) is 2.57. The number of ether oxygens (including phenoxy) is 2. The Hall–Kier alpha value is -2.76. The number of nitrogens with zero attached hydrogens (tertiary/aromatic N) is 2. The zero-order chi connectivity index (χ0) is 15.9. The van der Waals surface area contributed by atoms with Gasteiger partial charge in [0, 0.05) is 30.1 Å². The number of aryl methyl sites for hydroxylation is 1. The van der Waals surface area contributed by atoms with E-state index in [-0.39, 0.29) is 0 Å². The molecule has 1 aromatic carbocycles. The molecule has 0 spiro atoms. The molecule has 116 valence electrons. The fourth-order valence-electron chi connectivity index (χ4n) is 1.93. The molecule has 0 aliphatic carbocycles. The number of anilines is 3. The third kappa shape index (κ3) is 3.88. The first kappa shape index (κ1) is 15.6.